The predicted molar refractivity (Wildman–Crippen MR) is 96.1 cm³/mol. The van der Waals surface area contributed by atoms with Crippen molar-refractivity contribution in [3.8, 4) is 11.5 Å². The van der Waals surface area contributed by atoms with Gasteiger partial charge in [0.25, 0.3) is 15.7 Å². The molecule has 0 saturated heterocycles. The number of aromatic nitrogens is 1. The van der Waals surface area contributed by atoms with Crippen molar-refractivity contribution in [1.82, 2.24) is 9.82 Å². The maximum atomic E-state index is 12.3. The summed E-state index contributed by atoms with van der Waals surface area (Å²) in [6, 6.07) is 5.66. The third-order valence-corrected chi connectivity index (χ3v) is 4.82. The second-order valence-corrected chi connectivity index (χ2v) is 7.03. The van der Waals surface area contributed by atoms with Gasteiger partial charge >= 0.3 is 5.76 Å². The van der Waals surface area contributed by atoms with E-state index >= 15 is 0 Å². The molecule has 1 heterocycles. The van der Waals surface area contributed by atoms with Crippen LogP contribution in [-0.2, 0) is 10.0 Å². The van der Waals surface area contributed by atoms with E-state index in [9.17, 15) is 28.4 Å². The Morgan fingerprint density at radius 2 is 2.11 bits per heavy atom. The van der Waals surface area contributed by atoms with E-state index in [1.807, 2.05) is 4.83 Å². The quantitative estimate of drug-likeness (QED) is 0.308. The molecular formula is C15H12N4O8S. The van der Waals surface area contributed by atoms with E-state index in [1.165, 1.54) is 19.2 Å². The molecule has 146 valence electrons. The Hall–Kier alpha value is -3.87. The minimum atomic E-state index is -4.15. The number of phenols is 1. The summed E-state index contributed by atoms with van der Waals surface area (Å²) >= 11 is 0. The Morgan fingerprint density at radius 1 is 1.36 bits per heavy atom. The largest absolute Gasteiger partial charge is 0.504 e. The van der Waals surface area contributed by atoms with Crippen LogP contribution >= 0.6 is 0 Å². The molecule has 0 atom stereocenters. The topological polar surface area (TPSA) is 177 Å². The van der Waals surface area contributed by atoms with E-state index in [1.54, 1.807) is 0 Å². The Kier molecular flexibility index (Phi) is 4.75. The number of hydrogen-bond donors (Lipinski definition) is 3. The van der Waals surface area contributed by atoms with E-state index in [0.29, 0.717) is 5.52 Å². The molecule has 3 rings (SSSR count). The molecule has 12 nitrogen and oxygen atoms in total. The number of aromatic amines is 1. The van der Waals surface area contributed by atoms with Gasteiger partial charge in [0.2, 0.25) is 0 Å². The molecule has 0 unspecified atom stereocenters. The number of H-pyrrole nitrogens is 1. The van der Waals surface area contributed by atoms with E-state index in [-0.39, 0.29) is 27.5 Å². The number of hydrazone groups is 1. The Morgan fingerprint density at radius 3 is 2.79 bits per heavy atom. The summed E-state index contributed by atoms with van der Waals surface area (Å²) in [7, 11) is -2.92. The van der Waals surface area contributed by atoms with Crippen molar-refractivity contribution < 1.29 is 27.6 Å². The number of nitrogens with zero attached hydrogens (tertiary/aromatic N) is 2. The zero-order chi connectivity index (χ0) is 20.5. The lowest BCUT2D eigenvalue weighted by Crippen LogP contribution is -2.18. The first kappa shape index (κ1) is 18.9. The van der Waals surface area contributed by atoms with Crippen LogP contribution in [-0.4, -0.2) is 36.8 Å². The van der Waals surface area contributed by atoms with Crippen LogP contribution in [0.15, 0.2) is 49.5 Å². The molecule has 0 fully saturated rings. The van der Waals surface area contributed by atoms with Crippen molar-refractivity contribution in [2.24, 2.45) is 5.10 Å². The number of aromatic hydroxyl groups is 1. The van der Waals surface area contributed by atoms with Gasteiger partial charge in [0.1, 0.15) is 0 Å². The third-order valence-electron chi connectivity index (χ3n) is 3.60. The number of oxazole rings is 1. The molecular weight excluding hydrogens is 396 g/mol. The molecule has 0 amide bonds. The standard InChI is InChI=1S/C15H12N4O8S/c1-26-14-6-11(19(22)23)8(4-12(14)20)7-16-18-28(24,25)9-2-3-10-13(5-9)27-15(21)17-10/h2-7,18,20H,1H3,(H,17,21)/b16-7+. The van der Waals surface area contributed by atoms with Crippen LogP contribution < -0.4 is 15.3 Å². The number of nitro groups is 1. The van der Waals surface area contributed by atoms with Gasteiger partial charge in [-0.1, -0.05) is 0 Å². The number of hydrogen-bond acceptors (Lipinski definition) is 9. The van der Waals surface area contributed by atoms with E-state index in [4.69, 9.17) is 9.15 Å². The van der Waals surface area contributed by atoms with Crippen LogP contribution in [0.25, 0.3) is 11.1 Å². The lowest BCUT2D eigenvalue weighted by atomic mass is 10.1. The van der Waals surface area contributed by atoms with Gasteiger partial charge in [-0.25, -0.2) is 9.63 Å². The van der Waals surface area contributed by atoms with Crippen LogP contribution in [0.5, 0.6) is 11.5 Å². The first-order valence-electron chi connectivity index (χ1n) is 7.44. The second kappa shape index (κ2) is 7.03. The number of benzene rings is 2. The summed E-state index contributed by atoms with van der Waals surface area (Å²) in [6.45, 7) is 0. The summed E-state index contributed by atoms with van der Waals surface area (Å²) in [6.07, 6.45) is 0.865. The summed E-state index contributed by atoms with van der Waals surface area (Å²) < 4.78 is 34.2. The minimum absolute atomic E-state index is 0.0348. The van der Waals surface area contributed by atoms with Gasteiger partial charge in [-0.3, -0.25) is 15.1 Å². The van der Waals surface area contributed by atoms with Crippen molar-refractivity contribution in [3.05, 3.63) is 56.6 Å². The summed E-state index contributed by atoms with van der Waals surface area (Å²) in [4.78, 5) is 25.6. The number of sulfonamides is 1. The molecule has 0 aliphatic carbocycles. The fourth-order valence-corrected chi connectivity index (χ4v) is 3.12. The summed E-state index contributed by atoms with van der Waals surface area (Å²) in [5.41, 5.74) is -0.254. The summed E-state index contributed by atoms with van der Waals surface area (Å²) in [5, 5.41) is 24.4. The second-order valence-electron chi connectivity index (χ2n) is 5.37. The van der Waals surface area contributed by atoms with Gasteiger partial charge in [0.15, 0.2) is 17.1 Å². The smallest absolute Gasteiger partial charge is 0.417 e. The lowest BCUT2D eigenvalue weighted by molar-refractivity contribution is -0.385. The average molecular weight is 408 g/mol. The SMILES string of the molecule is COc1cc([N+](=O)[O-])c(/C=N/NS(=O)(=O)c2ccc3[nH]c(=O)oc3c2)cc1O. The Bertz CT molecular complexity index is 1260. The van der Waals surface area contributed by atoms with Gasteiger partial charge < -0.3 is 14.3 Å². The van der Waals surface area contributed by atoms with Gasteiger partial charge in [-0.2, -0.15) is 13.5 Å². The van der Waals surface area contributed by atoms with Crippen LogP contribution in [0.3, 0.4) is 0 Å². The van der Waals surface area contributed by atoms with Crippen molar-refractivity contribution in [2.75, 3.05) is 7.11 Å². The van der Waals surface area contributed by atoms with Gasteiger partial charge in [-0.05, 0) is 18.2 Å². The zero-order valence-electron chi connectivity index (χ0n) is 14.1. The van der Waals surface area contributed by atoms with Gasteiger partial charge in [0.05, 0.1) is 40.3 Å². The highest BCUT2D eigenvalue weighted by Crippen LogP contribution is 2.32. The predicted octanol–water partition coefficient (Wildman–Crippen LogP) is 1.06. The molecule has 0 spiro atoms. The molecule has 0 radical (unpaired) electrons. The first-order valence-corrected chi connectivity index (χ1v) is 8.93. The molecule has 3 N–H and O–H groups in total. The van der Waals surface area contributed by atoms with Crippen molar-refractivity contribution in [3.63, 3.8) is 0 Å². The molecule has 2 aromatic carbocycles. The fraction of sp³-hybridized carbons (Fsp3) is 0.0667. The Balaban J connectivity index is 1.89. The van der Waals surface area contributed by atoms with Gasteiger partial charge in [-0.15, -0.1) is 0 Å². The number of nitrogens with one attached hydrogen (secondary N) is 2. The molecule has 3 aromatic rings. The van der Waals surface area contributed by atoms with Crippen molar-refractivity contribution >= 4 is 33.0 Å². The number of fused-ring (bicyclic) bond motifs is 1. The first-order chi connectivity index (χ1) is 13.2. The molecule has 0 saturated carbocycles. The third kappa shape index (κ3) is 3.64. The number of rotatable bonds is 6. The Labute approximate surface area is 156 Å². The number of methoxy groups -OCH3 is 1. The molecule has 0 bridgehead atoms. The zero-order valence-corrected chi connectivity index (χ0v) is 14.9. The highest BCUT2D eigenvalue weighted by Gasteiger charge is 2.19. The molecule has 28 heavy (non-hydrogen) atoms. The van der Waals surface area contributed by atoms with Crippen molar-refractivity contribution in [1.29, 1.82) is 0 Å². The van der Waals surface area contributed by atoms with Crippen LogP contribution in [0.2, 0.25) is 0 Å². The highest BCUT2D eigenvalue weighted by atomic mass is 32.2. The molecule has 0 aliphatic heterocycles. The van der Waals surface area contributed by atoms with Crippen LogP contribution in [0, 0.1) is 10.1 Å². The lowest BCUT2D eigenvalue weighted by Gasteiger charge is -2.05. The van der Waals surface area contributed by atoms with Crippen molar-refractivity contribution in [2.45, 2.75) is 4.90 Å². The van der Waals surface area contributed by atoms with E-state index in [2.05, 4.69) is 10.1 Å². The molecule has 1 aromatic heterocycles. The number of nitro benzene ring substituents is 1. The van der Waals surface area contributed by atoms with Gasteiger partial charge in [0, 0.05) is 6.07 Å². The molecule has 0 aliphatic rings. The monoisotopic (exact) mass is 408 g/mol. The van der Waals surface area contributed by atoms with E-state index < -0.39 is 26.4 Å². The number of phenolic OH excluding ortho intramolecular Hbond substituents is 1. The fourth-order valence-electron chi connectivity index (χ4n) is 2.31. The van der Waals surface area contributed by atoms with E-state index in [0.717, 1.165) is 24.4 Å². The van der Waals surface area contributed by atoms with Crippen LogP contribution in [0.4, 0.5) is 5.69 Å². The number of ether oxygens (including phenoxy) is 1. The molecule has 13 heteroatoms. The highest BCUT2D eigenvalue weighted by molar-refractivity contribution is 7.89. The normalized spacial score (nSPS) is 11.8. The minimum Gasteiger partial charge on any atom is -0.504 e. The maximum absolute atomic E-state index is 12.3. The maximum Gasteiger partial charge on any atom is 0.417 e. The van der Waals surface area contributed by atoms with Crippen LogP contribution in [0.1, 0.15) is 5.56 Å². The summed E-state index contributed by atoms with van der Waals surface area (Å²) in [5.74, 6) is -1.24. The average Bonchev–Trinajstić information content (AvgIpc) is 3.00.